The number of amides is 1. The number of hydrogen-bond donors (Lipinski definition) is 1. The van der Waals surface area contributed by atoms with Crippen LogP contribution < -0.4 is 15.4 Å². The highest BCUT2D eigenvalue weighted by Crippen LogP contribution is 2.25. The van der Waals surface area contributed by atoms with Gasteiger partial charge in [-0.25, -0.2) is 10.4 Å². The summed E-state index contributed by atoms with van der Waals surface area (Å²) in [6.45, 7) is 1.37. The van der Waals surface area contributed by atoms with Gasteiger partial charge >= 0.3 is 5.95 Å². The molecular formula is C20H16N6O2. The predicted octanol–water partition coefficient (Wildman–Crippen LogP) is 2.94. The number of hydrazine groups is 1. The number of nitrogens with zero attached hydrogens (tertiary/aromatic N) is 5. The maximum atomic E-state index is 11.6. The lowest BCUT2D eigenvalue weighted by atomic mass is 10.2. The minimum absolute atomic E-state index is 0.0933. The fraction of sp³-hybridized carbons (Fsp3) is 0.0500. The molecule has 0 unspecified atom stereocenters. The molecule has 0 atom stereocenters. The topological polar surface area (TPSA) is 93.1 Å². The lowest BCUT2D eigenvalue weighted by Crippen LogP contribution is -2.45. The molecule has 2 heterocycles. The molecule has 4 aromatic rings. The molecule has 0 aliphatic heterocycles. The Bertz CT molecular complexity index is 1100. The van der Waals surface area contributed by atoms with E-state index in [0.717, 1.165) is 21.6 Å². The van der Waals surface area contributed by atoms with Gasteiger partial charge in [0.1, 0.15) is 5.69 Å². The molecule has 0 aliphatic carbocycles. The van der Waals surface area contributed by atoms with Gasteiger partial charge in [-0.3, -0.25) is 9.78 Å². The highest BCUT2D eigenvalue weighted by atomic mass is 16.7. The number of fused-ring (bicyclic) bond motifs is 1. The van der Waals surface area contributed by atoms with Crippen LogP contribution >= 0.6 is 0 Å². The number of pyridine rings is 1. The van der Waals surface area contributed by atoms with Crippen molar-refractivity contribution in [2.45, 2.75) is 6.92 Å². The molecule has 1 amide bonds. The van der Waals surface area contributed by atoms with Crippen LogP contribution in [0.5, 0.6) is 5.75 Å². The summed E-state index contributed by atoms with van der Waals surface area (Å²) in [6, 6.07) is 18.8. The highest BCUT2D eigenvalue weighted by Gasteiger charge is 2.16. The van der Waals surface area contributed by atoms with Crippen molar-refractivity contribution >= 4 is 22.8 Å². The normalized spacial score (nSPS) is 10.5. The quantitative estimate of drug-likeness (QED) is 0.538. The number of carbonyl (C=O) groups is 1. The Morgan fingerprint density at radius 2 is 1.75 bits per heavy atom. The Labute approximate surface area is 160 Å². The van der Waals surface area contributed by atoms with Crippen LogP contribution in [0.3, 0.4) is 0 Å². The molecule has 0 radical (unpaired) electrons. The third-order valence-electron chi connectivity index (χ3n) is 3.86. The van der Waals surface area contributed by atoms with Crippen molar-refractivity contribution < 1.29 is 9.63 Å². The van der Waals surface area contributed by atoms with Crippen molar-refractivity contribution in [2.24, 2.45) is 0 Å². The van der Waals surface area contributed by atoms with Crippen LogP contribution in [0.15, 0.2) is 73.1 Å². The molecule has 2 aromatic heterocycles. The summed E-state index contributed by atoms with van der Waals surface area (Å²) in [6.07, 6.45) is 3.20. The van der Waals surface area contributed by atoms with E-state index in [1.807, 2.05) is 54.6 Å². The van der Waals surface area contributed by atoms with Gasteiger partial charge < -0.3 is 4.84 Å². The van der Waals surface area contributed by atoms with Crippen molar-refractivity contribution in [3.63, 3.8) is 0 Å². The predicted molar refractivity (Wildman–Crippen MR) is 104 cm³/mol. The van der Waals surface area contributed by atoms with Crippen molar-refractivity contribution in [1.82, 2.24) is 25.6 Å². The number of hydrogen-bond acceptors (Lipinski definition) is 7. The van der Waals surface area contributed by atoms with Crippen LogP contribution in [0.2, 0.25) is 0 Å². The number of benzene rings is 2. The molecule has 0 aliphatic rings. The van der Waals surface area contributed by atoms with E-state index in [9.17, 15) is 4.79 Å². The number of carbonyl (C=O) groups excluding carboxylic acids is 1. The third kappa shape index (κ3) is 3.70. The summed E-state index contributed by atoms with van der Waals surface area (Å²) >= 11 is 0. The summed E-state index contributed by atoms with van der Waals surface area (Å²) in [5.41, 5.74) is 4.82. The SMILES string of the molecule is CC(=O)NN(Oc1ccnc2ccccc12)c1ncc(-c2ccccc2)nn1. The van der Waals surface area contributed by atoms with E-state index < -0.39 is 0 Å². The average Bonchev–Trinajstić information content (AvgIpc) is 2.74. The zero-order valence-electron chi connectivity index (χ0n) is 15.0. The third-order valence-corrected chi connectivity index (χ3v) is 3.86. The van der Waals surface area contributed by atoms with Gasteiger partial charge in [-0.15, -0.1) is 10.2 Å². The van der Waals surface area contributed by atoms with Gasteiger partial charge in [0.2, 0.25) is 5.91 Å². The molecule has 28 heavy (non-hydrogen) atoms. The van der Waals surface area contributed by atoms with Crippen molar-refractivity contribution in [3.8, 4) is 17.0 Å². The lowest BCUT2D eigenvalue weighted by molar-refractivity contribution is -0.120. The number of rotatable bonds is 5. The zero-order chi connectivity index (χ0) is 19.3. The Balaban J connectivity index is 1.65. The summed E-state index contributed by atoms with van der Waals surface area (Å²) in [5.74, 6) is 0.250. The smallest absolute Gasteiger partial charge is 0.301 e. The Morgan fingerprint density at radius 1 is 0.964 bits per heavy atom. The van der Waals surface area contributed by atoms with Crippen LogP contribution in [0, 0.1) is 0 Å². The van der Waals surface area contributed by atoms with E-state index in [4.69, 9.17) is 4.84 Å². The van der Waals surface area contributed by atoms with E-state index >= 15 is 0 Å². The van der Waals surface area contributed by atoms with Gasteiger partial charge in [-0.2, -0.15) is 0 Å². The summed E-state index contributed by atoms with van der Waals surface area (Å²) in [7, 11) is 0. The van der Waals surface area contributed by atoms with Gasteiger partial charge in [0, 0.05) is 30.1 Å². The maximum Gasteiger partial charge on any atom is 0.301 e. The van der Waals surface area contributed by atoms with Crippen molar-refractivity contribution in [3.05, 3.63) is 73.1 Å². The highest BCUT2D eigenvalue weighted by molar-refractivity contribution is 5.84. The van der Waals surface area contributed by atoms with Gasteiger partial charge in [-0.1, -0.05) is 47.6 Å². The summed E-state index contributed by atoms with van der Waals surface area (Å²) in [4.78, 5) is 26.1. The van der Waals surface area contributed by atoms with Crippen LogP contribution in [-0.4, -0.2) is 26.1 Å². The molecular weight excluding hydrogens is 356 g/mol. The second-order valence-electron chi connectivity index (χ2n) is 5.89. The molecule has 2 aromatic carbocycles. The zero-order valence-corrected chi connectivity index (χ0v) is 15.0. The monoisotopic (exact) mass is 372 g/mol. The summed E-state index contributed by atoms with van der Waals surface area (Å²) in [5, 5.41) is 10.2. The van der Waals surface area contributed by atoms with E-state index in [1.54, 1.807) is 18.5 Å². The molecule has 8 nitrogen and oxygen atoms in total. The molecule has 0 spiro atoms. The molecule has 8 heteroatoms. The van der Waals surface area contributed by atoms with Crippen molar-refractivity contribution in [2.75, 3.05) is 5.17 Å². The number of para-hydroxylation sites is 1. The Morgan fingerprint density at radius 3 is 2.50 bits per heavy atom. The fourth-order valence-corrected chi connectivity index (χ4v) is 2.61. The molecule has 0 saturated heterocycles. The first-order valence-electron chi connectivity index (χ1n) is 8.55. The molecule has 0 bridgehead atoms. The first-order valence-corrected chi connectivity index (χ1v) is 8.55. The van der Waals surface area contributed by atoms with Crippen LogP contribution in [0.1, 0.15) is 6.92 Å². The fourth-order valence-electron chi connectivity index (χ4n) is 2.61. The Hall–Kier alpha value is -4.07. The minimum atomic E-state index is -0.339. The van der Waals surface area contributed by atoms with Gasteiger partial charge in [0.15, 0.2) is 5.75 Å². The first kappa shape index (κ1) is 17.3. The molecule has 138 valence electrons. The number of anilines is 1. The van der Waals surface area contributed by atoms with E-state index in [-0.39, 0.29) is 11.9 Å². The van der Waals surface area contributed by atoms with Crippen LogP contribution in [0.4, 0.5) is 5.95 Å². The lowest BCUT2D eigenvalue weighted by Gasteiger charge is -2.21. The largest absolute Gasteiger partial charge is 0.355 e. The number of aromatic nitrogens is 4. The average molecular weight is 372 g/mol. The van der Waals surface area contributed by atoms with Crippen LogP contribution in [-0.2, 0) is 4.79 Å². The standard InChI is InChI=1S/C20H16N6O2/c1-14(27)25-26(28-19-11-12-21-17-10-6-5-9-16(17)19)20-22-13-18(23-24-20)15-7-3-2-4-8-15/h2-13H,1H3,(H,25,27). The number of nitrogens with one attached hydrogen (secondary N) is 1. The van der Waals surface area contributed by atoms with E-state index in [1.165, 1.54) is 6.92 Å². The van der Waals surface area contributed by atoms with E-state index in [2.05, 4.69) is 25.6 Å². The van der Waals surface area contributed by atoms with Crippen LogP contribution in [0.25, 0.3) is 22.2 Å². The van der Waals surface area contributed by atoms with E-state index in [0.29, 0.717) is 11.4 Å². The minimum Gasteiger partial charge on any atom is -0.355 e. The van der Waals surface area contributed by atoms with Gasteiger partial charge in [0.25, 0.3) is 0 Å². The molecule has 4 rings (SSSR count). The molecule has 0 fully saturated rings. The maximum absolute atomic E-state index is 11.6. The molecule has 0 saturated carbocycles. The molecule has 1 N–H and O–H groups in total. The van der Waals surface area contributed by atoms with Crippen molar-refractivity contribution in [1.29, 1.82) is 0 Å². The van der Waals surface area contributed by atoms with Gasteiger partial charge in [-0.05, 0) is 12.1 Å². The summed E-state index contributed by atoms with van der Waals surface area (Å²) < 4.78 is 0. The van der Waals surface area contributed by atoms with Gasteiger partial charge in [0.05, 0.1) is 11.7 Å². The second-order valence-corrected chi connectivity index (χ2v) is 5.89. The first-order chi connectivity index (χ1) is 13.7. The Kier molecular flexibility index (Phi) is 4.75. The second kappa shape index (κ2) is 7.67.